The van der Waals surface area contributed by atoms with Gasteiger partial charge >= 0.3 is 0 Å². The van der Waals surface area contributed by atoms with Crippen LogP contribution in [0.5, 0.6) is 0 Å². The molecule has 0 saturated carbocycles. The quantitative estimate of drug-likeness (QED) is 0.886. The molecule has 0 spiro atoms. The first-order chi connectivity index (χ1) is 11.5. The van der Waals surface area contributed by atoms with Crippen LogP contribution in [0.3, 0.4) is 0 Å². The van der Waals surface area contributed by atoms with Gasteiger partial charge in [-0.25, -0.2) is 0 Å². The SMILES string of the molecule is CC(=O)N(CCC(=O)NCc1ccc(C)cc1)c1ccc(C)cc1. The van der Waals surface area contributed by atoms with Crippen molar-refractivity contribution in [3.05, 3.63) is 65.2 Å². The Balaban J connectivity index is 1.87. The molecule has 0 saturated heterocycles. The van der Waals surface area contributed by atoms with Gasteiger partial charge in [0, 0.05) is 32.1 Å². The maximum absolute atomic E-state index is 12.0. The monoisotopic (exact) mass is 324 g/mol. The number of rotatable bonds is 6. The summed E-state index contributed by atoms with van der Waals surface area (Å²) >= 11 is 0. The molecule has 0 aliphatic heterocycles. The highest BCUT2D eigenvalue weighted by Gasteiger charge is 2.13. The van der Waals surface area contributed by atoms with Crippen LogP contribution in [0.2, 0.25) is 0 Å². The van der Waals surface area contributed by atoms with E-state index in [0.29, 0.717) is 13.1 Å². The molecular weight excluding hydrogens is 300 g/mol. The van der Waals surface area contributed by atoms with E-state index in [1.165, 1.54) is 12.5 Å². The topological polar surface area (TPSA) is 49.4 Å². The van der Waals surface area contributed by atoms with Crippen LogP contribution in [-0.2, 0) is 16.1 Å². The molecular formula is C20H24N2O2. The molecule has 0 fully saturated rings. The van der Waals surface area contributed by atoms with Crippen LogP contribution in [0.4, 0.5) is 5.69 Å². The Morgan fingerprint density at radius 2 is 1.46 bits per heavy atom. The lowest BCUT2D eigenvalue weighted by atomic mass is 10.1. The van der Waals surface area contributed by atoms with Gasteiger partial charge in [0.1, 0.15) is 0 Å². The van der Waals surface area contributed by atoms with Gasteiger partial charge in [0.2, 0.25) is 11.8 Å². The highest BCUT2D eigenvalue weighted by atomic mass is 16.2. The van der Waals surface area contributed by atoms with Crippen molar-refractivity contribution < 1.29 is 9.59 Å². The molecule has 0 radical (unpaired) electrons. The van der Waals surface area contributed by atoms with Gasteiger partial charge in [-0.3, -0.25) is 9.59 Å². The number of carbonyl (C=O) groups is 2. The lowest BCUT2D eigenvalue weighted by molar-refractivity contribution is -0.121. The number of nitrogens with zero attached hydrogens (tertiary/aromatic N) is 1. The van der Waals surface area contributed by atoms with Crippen LogP contribution in [0, 0.1) is 13.8 Å². The molecule has 2 aromatic rings. The van der Waals surface area contributed by atoms with Gasteiger partial charge in [0.05, 0.1) is 0 Å². The summed E-state index contributed by atoms with van der Waals surface area (Å²) in [6.07, 6.45) is 0.277. The van der Waals surface area contributed by atoms with Crippen molar-refractivity contribution in [2.45, 2.75) is 33.7 Å². The zero-order valence-corrected chi connectivity index (χ0v) is 14.5. The van der Waals surface area contributed by atoms with Gasteiger partial charge in [0.25, 0.3) is 0 Å². The third kappa shape index (κ3) is 5.23. The van der Waals surface area contributed by atoms with Crippen LogP contribution >= 0.6 is 0 Å². The molecule has 0 atom stereocenters. The summed E-state index contributed by atoms with van der Waals surface area (Å²) < 4.78 is 0. The summed E-state index contributed by atoms with van der Waals surface area (Å²) in [6, 6.07) is 15.8. The van der Waals surface area contributed by atoms with Gasteiger partial charge in [-0.15, -0.1) is 0 Å². The molecule has 2 aromatic carbocycles. The molecule has 126 valence electrons. The van der Waals surface area contributed by atoms with Crippen LogP contribution < -0.4 is 10.2 Å². The van der Waals surface area contributed by atoms with Gasteiger partial charge < -0.3 is 10.2 Å². The average Bonchev–Trinajstić information content (AvgIpc) is 2.56. The molecule has 0 aliphatic rings. The third-order valence-electron chi connectivity index (χ3n) is 3.90. The maximum atomic E-state index is 12.0. The fraction of sp³-hybridized carbons (Fsp3) is 0.300. The zero-order valence-electron chi connectivity index (χ0n) is 14.5. The predicted molar refractivity (Wildman–Crippen MR) is 96.8 cm³/mol. The van der Waals surface area contributed by atoms with Crippen molar-refractivity contribution in [3.8, 4) is 0 Å². The first-order valence-electron chi connectivity index (χ1n) is 8.13. The van der Waals surface area contributed by atoms with Gasteiger partial charge in [-0.1, -0.05) is 47.5 Å². The summed E-state index contributed by atoms with van der Waals surface area (Å²) in [5.41, 5.74) is 4.22. The minimum absolute atomic E-state index is 0.0612. The van der Waals surface area contributed by atoms with E-state index in [-0.39, 0.29) is 18.2 Å². The Morgan fingerprint density at radius 3 is 2.00 bits per heavy atom. The van der Waals surface area contributed by atoms with Gasteiger partial charge in [-0.2, -0.15) is 0 Å². The van der Waals surface area contributed by atoms with E-state index in [1.54, 1.807) is 4.90 Å². The maximum Gasteiger partial charge on any atom is 0.223 e. The number of aryl methyl sites for hydroxylation is 2. The molecule has 0 heterocycles. The van der Waals surface area contributed by atoms with Crippen molar-refractivity contribution in [3.63, 3.8) is 0 Å². The van der Waals surface area contributed by atoms with Crippen LogP contribution in [0.1, 0.15) is 30.0 Å². The number of anilines is 1. The Kier molecular flexibility index (Phi) is 6.13. The summed E-state index contributed by atoms with van der Waals surface area (Å²) in [4.78, 5) is 25.5. The fourth-order valence-electron chi connectivity index (χ4n) is 2.40. The molecule has 0 aromatic heterocycles. The second kappa shape index (κ2) is 8.29. The van der Waals surface area contributed by atoms with Crippen molar-refractivity contribution in [1.29, 1.82) is 0 Å². The lowest BCUT2D eigenvalue weighted by Crippen LogP contribution is -2.33. The van der Waals surface area contributed by atoms with E-state index in [4.69, 9.17) is 0 Å². The normalized spacial score (nSPS) is 10.3. The molecule has 1 N–H and O–H groups in total. The zero-order chi connectivity index (χ0) is 17.5. The number of benzene rings is 2. The number of amides is 2. The fourth-order valence-corrected chi connectivity index (χ4v) is 2.40. The van der Waals surface area contributed by atoms with E-state index in [0.717, 1.165) is 16.8 Å². The van der Waals surface area contributed by atoms with Crippen LogP contribution in [0.25, 0.3) is 0 Å². The van der Waals surface area contributed by atoms with E-state index in [9.17, 15) is 9.59 Å². The van der Waals surface area contributed by atoms with Crippen molar-refractivity contribution in [2.24, 2.45) is 0 Å². The predicted octanol–water partition coefficient (Wildman–Crippen LogP) is 3.36. The average molecular weight is 324 g/mol. The number of carbonyl (C=O) groups excluding carboxylic acids is 2. The number of nitrogens with one attached hydrogen (secondary N) is 1. The second-order valence-corrected chi connectivity index (χ2v) is 6.02. The van der Waals surface area contributed by atoms with E-state index < -0.39 is 0 Å². The molecule has 4 heteroatoms. The second-order valence-electron chi connectivity index (χ2n) is 6.02. The Morgan fingerprint density at radius 1 is 0.917 bits per heavy atom. The van der Waals surface area contributed by atoms with Gasteiger partial charge in [0.15, 0.2) is 0 Å². The Hall–Kier alpha value is -2.62. The summed E-state index contributed by atoms with van der Waals surface area (Å²) in [6.45, 7) is 6.43. The number of hydrogen-bond acceptors (Lipinski definition) is 2. The van der Waals surface area contributed by atoms with Crippen LogP contribution in [0.15, 0.2) is 48.5 Å². The summed E-state index contributed by atoms with van der Waals surface area (Å²) in [7, 11) is 0. The van der Waals surface area contributed by atoms with Crippen molar-refractivity contribution >= 4 is 17.5 Å². The minimum Gasteiger partial charge on any atom is -0.352 e. The largest absolute Gasteiger partial charge is 0.352 e. The highest BCUT2D eigenvalue weighted by molar-refractivity contribution is 5.92. The van der Waals surface area contributed by atoms with Crippen molar-refractivity contribution in [2.75, 3.05) is 11.4 Å². The first-order valence-corrected chi connectivity index (χ1v) is 8.13. The standard InChI is InChI=1S/C20H24N2O2/c1-15-4-8-18(9-5-15)14-21-20(24)12-13-22(17(3)23)19-10-6-16(2)7-11-19/h4-11H,12-14H2,1-3H3,(H,21,24). The molecule has 24 heavy (non-hydrogen) atoms. The molecule has 0 unspecified atom stereocenters. The van der Waals surface area contributed by atoms with Crippen LogP contribution in [-0.4, -0.2) is 18.4 Å². The molecule has 4 nitrogen and oxygen atoms in total. The molecule has 0 aliphatic carbocycles. The smallest absolute Gasteiger partial charge is 0.223 e. The van der Waals surface area contributed by atoms with E-state index in [1.807, 2.05) is 62.4 Å². The molecule has 2 amide bonds. The first kappa shape index (κ1) is 17.7. The molecule has 0 bridgehead atoms. The minimum atomic E-state index is -0.0646. The number of hydrogen-bond donors (Lipinski definition) is 1. The Bertz CT molecular complexity index is 691. The highest BCUT2D eigenvalue weighted by Crippen LogP contribution is 2.15. The van der Waals surface area contributed by atoms with E-state index in [2.05, 4.69) is 5.32 Å². The summed E-state index contributed by atoms with van der Waals surface area (Å²) in [5, 5.41) is 2.90. The van der Waals surface area contributed by atoms with Gasteiger partial charge in [-0.05, 0) is 31.5 Å². The van der Waals surface area contributed by atoms with E-state index >= 15 is 0 Å². The van der Waals surface area contributed by atoms with Crippen molar-refractivity contribution in [1.82, 2.24) is 5.32 Å². The third-order valence-corrected chi connectivity index (χ3v) is 3.90. The molecule has 2 rings (SSSR count). The lowest BCUT2D eigenvalue weighted by Gasteiger charge is -2.21. The Labute approximate surface area is 143 Å². The summed E-state index contributed by atoms with van der Waals surface area (Å²) in [5.74, 6) is -0.126.